The number of halogens is 1. The van der Waals surface area contributed by atoms with Crippen molar-refractivity contribution in [3.05, 3.63) is 82.4 Å². The lowest BCUT2D eigenvalue weighted by atomic mass is 9.74. The molecule has 5 rings (SSSR count). The fraction of sp³-hybridized carbons (Fsp3) is 0.414. The third-order valence-corrected chi connectivity index (χ3v) is 8.21. The first-order valence-corrected chi connectivity index (χ1v) is 12.8. The SMILES string of the molecule is O=C(/C=C/c1ccc(Cl)cc1)N1CCC(C(O)CN2CCC3(C=Cc4ccccc43)CC2)CC1. The van der Waals surface area contributed by atoms with Crippen molar-refractivity contribution in [1.82, 2.24) is 9.80 Å². The highest BCUT2D eigenvalue weighted by Gasteiger charge is 2.38. The molecule has 3 aliphatic rings. The van der Waals surface area contributed by atoms with Crippen LogP contribution in [0.1, 0.15) is 42.4 Å². The molecule has 5 heteroatoms. The lowest BCUT2D eigenvalue weighted by Gasteiger charge is -2.41. The Labute approximate surface area is 207 Å². The Morgan fingerprint density at radius 2 is 1.76 bits per heavy atom. The number of β-amino-alcohol motifs (C(OH)–C–C–N with tert-alkyl or cyclic N) is 1. The van der Waals surface area contributed by atoms with Gasteiger partial charge in [-0.1, -0.05) is 60.2 Å². The second-order valence-electron chi connectivity index (χ2n) is 9.99. The van der Waals surface area contributed by atoms with Crippen LogP contribution in [-0.2, 0) is 10.2 Å². The molecule has 1 unspecified atom stereocenters. The standard InChI is InChI=1S/C29H33ClN2O2/c30-25-8-5-22(6-9-25)7-10-28(34)32-17-12-24(13-18-32)27(33)21-31-19-15-29(16-20-31)14-11-23-3-1-2-4-26(23)29/h1-11,14,24,27,33H,12-13,15-21H2/b10-7+. The number of aliphatic hydroxyl groups is 1. The van der Waals surface area contributed by atoms with E-state index in [1.165, 1.54) is 11.1 Å². The average molecular weight is 477 g/mol. The Morgan fingerprint density at radius 1 is 1.06 bits per heavy atom. The largest absolute Gasteiger partial charge is 0.392 e. The lowest BCUT2D eigenvalue weighted by molar-refractivity contribution is -0.128. The summed E-state index contributed by atoms with van der Waals surface area (Å²) in [4.78, 5) is 16.9. The minimum absolute atomic E-state index is 0.0362. The van der Waals surface area contributed by atoms with Crippen LogP contribution in [0.2, 0.25) is 5.02 Å². The molecule has 0 bridgehead atoms. The van der Waals surface area contributed by atoms with Crippen LogP contribution in [-0.4, -0.2) is 59.6 Å². The summed E-state index contributed by atoms with van der Waals surface area (Å²) in [5, 5.41) is 11.6. The van der Waals surface area contributed by atoms with Gasteiger partial charge in [0.1, 0.15) is 0 Å². The first-order chi connectivity index (χ1) is 16.5. The van der Waals surface area contributed by atoms with Crippen molar-refractivity contribution >= 4 is 29.7 Å². The summed E-state index contributed by atoms with van der Waals surface area (Å²) in [6.07, 6.45) is 11.8. The van der Waals surface area contributed by atoms with Gasteiger partial charge in [0, 0.05) is 36.1 Å². The Bertz CT molecular complexity index is 1060. The zero-order valence-electron chi connectivity index (χ0n) is 19.6. The zero-order valence-corrected chi connectivity index (χ0v) is 20.3. The van der Waals surface area contributed by atoms with E-state index in [0.29, 0.717) is 18.1 Å². The van der Waals surface area contributed by atoms with Gasteiger partial charge in [-0.25, -0.2) is 0 Å². The molecule has 1 spiro atoms. The van der Waals surface area contributed by atoms with E-state index >= 15 is 0 Å². The molecule has 0 radical (unpaired) electrons. The predicted molar refractivity (Wildman–Crippen MR) is 139 cm³/mol. The summed E-state index contributed by atoms with van der Waals surface area (Å²) in [5.74, 6) is 0.293. The van der Waals surface area contributed by atoms with E-state index in [9.17, 15) is 9.90 Å². The van der Waals surface area contributed by atoms with Gasteiger partial charge in [-0.3, -0.25) is 4.79 Å². The van der Waals surface area contributed by atoms with Gasteiger partial charge in [-0.15, -0.1) is 0 Å². The molecule has 2 saturated heterocycles. The molecule has 0 aromatic heterocycles. The Balaban J connectivity index is 1.07. The molecular formula is C29H33ClN2O2. The first kappa shape index (κ1) is 23.3. The monoisotopic (exact) mass is 476 g/mol. The molecule has 2 aliphatic heterocycles. The number of nitrogens with zero attached hydrogens (tertiary/aromatic N) is 2. The van der Waals surface area contributed by atoms with Gasteiger partial charge >= 0.3 is 0 Å². The molecule has 4 nitrogen and oxygen atoms in total. The molecule has 34 heavy (non-hydrogen) atoms. The Kier molecular flexibility index (Phi) is 6.91. The quantitative estimate of drug-likeness (QED) is 0.616. The summed E-state index contributed by atoms with van der Waals surface area (Å²) in [6, 6.07) is 16.2. The van der Waals surface area contributed by atoms with Gasteiger partial charge in [0.05, 0.1) is 6.10 Å². The van der Waals surface area contributed by atoms with Crippen molar-refractivity contribution in [1.29, 1.82) is 0 Å². The minimum atomic E-state index is -0.331. The van der Waals surface area contributed by atoms with Gasteiger partial charge < -0.3 is 14.9 Å². The van der Waals surface area contributed by atoms with Crippen LogP contribution in [0.3, 0.4) is 0 Å². The van der Waals surface area contributed by atoms with Gasteiger partial charge in [0.15, 0.2) is 0 Å². The lowest BCUT2D eigenvalue weighted by Crippen LogP contribution is -2.47. The second kappa shape index (κ2) is 10.1. The van der Waals surface area contributed by atoms with E-state index in [1.54, 1.807) is 6.08 Å². The summed E-state index contributed by atoms with van der Waals surface area (Å²) in [5.41, 5.74) is 3.98. The molecule has 178 valence electrons. The van der Waals surface area contributed by atoms with E-state index in [0.717, 1.165) is 50.9 Å². The van der Waals surface area contributed by atoms with Crippen LogP contribution in [0.15, 0.2) is 60.7 Å². The number of benzene rings is 2. The van der Waals surface area contributed by atoms with Crippen LogP contribution >= 0.6 is 11.6 Å². The average Bonchev–Trinajstić information content (AvgIpc) is 3.23. The zero-order chi connectivity index (χ0) is 23.5. The molecule has 1 amide bonds. The molecular weight excluding hydrogens is 444 g/mol. The highest BCUT2D eigenvalue weighted by Crippen LogP contribution is 2.43. The third-order valence-electron chi connectivity index (χ3n) is 7.96. The third kappa shape index (κ3) is 5.00. The van der Waals surface area contributed by atoms with E-state index in [4.69, 9.17) is 11.6 Å². The number of allylic oxidation sites excluding steroid dienone is 1. The summed E-state index contributed by atoms with van der Waals surface area (Å²) < 4.78 is 0. The number of hydrogen-bond donors (Lipinski definition) is 1. The maximum absolute atomic E-state index is 12.6. The number of carbonyl (C=O) groups is 1. The topological polar surface area (TPSA) is 43.8 Å². The molecule has 2 heterocycles. The van der Waals surface area contributed by atoms with Gasteiger partial charge in [0.2, 0.25) is 5.91 Å². The number of carbonyl (C=O) groups excluding carboxylic acids is 1. The number of likely N-dealkylation sites (tertiary alicyclic amines) is 2. The van der Waals surface area contributed by atoms with Crippen LogP contribution in [0, 0.1) is 5.92 Å². The van der Waals surface area contributed by atoms with Gasteiger partial charge in [0.25, 0.3) is 0 Å². The maximum Gasteiger partial charge on any atom is 0.246 e. The van der Waals surface area contributed by atoms with Crippen molar-refractivity contribution < 1.29 is 9.90 Å². The molecule has 2 fully saturated rings. The predicted octanol–water partition coefficient (Wildman–Crippen LogP) is 5.01. The summed E-state index contributed by atoms with van der Waals surface area (Å²) in [6.45, 7) is 4.17. The smallest absolute Gasteiger partial charge is 0.246 e. The minimum Gasteiger partial charge on any atom is -0.392 e. The van der Waals surface area contributed by atoms with Crippen LogP contribution in [0.25, 0.3) is 12.2 Å². The summed E-state index contributed by atoms with van der Waals surface area (Å²) in [7, 11) is 0. The van der Waals surface area contributed by atoms with Gasteiger partial charge in [-0.05, 0) is 79.6 Å². The number of rotatable bonds is 5. The molecule has 2 aromatic rings. The van der Waals surface area contributed by atoms with Crippen molar-refractivity contribution in [3.63, 3.8) is 0 Å². The molecule has 1 aliphatic carbocycles. The van der Waals surface area contributed by atoms with Crippen LogP contribution in [0.5, 0.6) is 0 Å². The maximum atomic E-state index is 12.6. The highest BCUT2D eigenvalue weighted by molar-refractivity contribution is 6.30. The number of piperidine rings is 2. The van der Waals surface area contributed by atoms with E-state index in [2.05, 4.69) is 41.3 Å². The van der Waals surface area contributed by atoms with Crippen molar-refractivity contribution in [3.8, 4) is 0 Å². The first-order valence-electron chi connectivity index (χ1n) is 12.4. The van der Waals surface area contributed by atoms with E-state index in [-0.39, 0.29) is 23.3 Å². The number of amides is 1. The summed E-state index contributed by atoms with van der Waals surface area (Å²) >= 11 is 5.92. The van der Waals surface area contributed by atoms with Crippen molar-refractivity contribution in [2.45, 2.75) is 37.2 Å². The molecule has 1 atom stereocenters. The van der Waals surface area contributed by atoms with Gasteiger partial charge in [-0.2, -0.15) is 0 Å². The number of fused-ring (bicyclic) bond motifs is 2. The Hall–Kier alpha value is -2.40. The molecule has 2 aromatic carbocycles. The van der Waals surface area contributed by atoms with E-state index < -0.39 is 0 Å². The second-order valence-corrected chi connectivity index (χ2v) is 10.4. The number of hydrogen-bond acceptors (Lipinski definition) is 3. The fourth-order valence-electron chi connectivity index (χ4n) is 5.77. The normalized spacial score (nSPS) is 21.3. The highest BCUT2D eigenvalue weighted by atomic mass is 35.5. The molecule has 1 N–H and O–H groups in total. The Morgan fingerprint density at radius 3 is 2.50 bits per heavy atom. The molecule has 0 saturated carbocycles. The van der Waals surface area contributed by atoms with E-state index in [1.807, 2.05) is 35.2 Å². The van der Waals surface area contributed by atoms with Crippen LogP contribution in [0.4, 0.5) is 0 Å². The van der Waals surface area contributed by atoms with Crippen LogP contribution < -0.4 is 0 Å². The number of aliphatic hydroxyl groups excluding tert-OH is 1. The van der Waals surface area contributed by atoms with Crippen molar-refractivity contribution in [2.24, 2.45) is 5.92 Å². The van der Waals surface area contributed by atoms with Crippen molar-refractivity contribution in [2.75, 3.05) is 32.7 Å². The fourth-order valence-corrected chi connectivity index (χ4v) is 5.90.